The zero-order valence-electron chi connectivity index (χ0n) is 32.4. The minimum Gasteiger partial charge on any atom is -0.457 e. The first-order valence-electron chi connectivity index (χ1n) is 20.3. The van der Waals surface area contributed by atoms with Crippen molar-refractivity contribution in [1.29, 1.82) is 0 Å². The predicted octanol–water partition coefficient (Wildman–Crippen LogP) is 14.8. The highest BCUT2D eigenvalue weighted by Gasteiger charge is 2.51. The van der Waals surface area contributed by atoms with Gasteiger partial charge in [-0.3, -0.25) is 0 Å². The van der Waals surface area contributed by atoms with Crippen LogP contribution in [0.1, 0.15) is 47.2 Å². The maximum absolute atomic E-state index is 7.01. The molecule has 0 aromatic heterocycles. The van der Waals surface area contributed by atoms with Crippen molar-refractivity contribution < 1.29 is 4.74 Å². The van der Waals surface area contributed by atoms with Crippen molar-refractivity contribution in [3.8, 4) is 44.9 Å². The van der Waals surface area contributed by atoms with Gasteiger partial charge in [0, 0.05) is 33.6 Å². The second kappa shape index (κ2) is 12.2. The zero-order valence-corrected chi connectivity index (χ0v) is 32.4. The van der Waals surface area contributed by atoms with E-state index in [0.29, 0.717) is 0 Å². The third-order valence-electron chi connectivity index (χ3n) is 13.1. The van der Waals surface area contributed by atoms with E-state index in [1.54, 1.807) is 0 Å². The Morgan fingerprint density at radius 2 is 0.862 bits per heavy atom. The van der Waals surface area contributed by atoms with Crippen molar-refractivity contribution in [2.24, 2.45) is 0 Å². The number of ether oxygens (including phenoxy) is 1. The molecule has 0 unspecified atom stereocenters. The first-order valence-corrected chi connectivity index (χ1v) is 20.3. The maximum Gasteiger partial charge on any atom is 0.132 e. The molecule has 0 fully saturated rings. The summed E-state index contributed by atoms with van der Waals surface area (Å²) in [5.41, 5.74) is 18.0. The van der Waals surface area contributed by atoms with Gasteiger partial charge in [-0.05, 0) is 121 Å². The number of nitrogens with zero attached hydrogens (tertiary/aromatic N) is 1. The van der Waals surface area contributed by atoms with Crippen molar-refractivity contribution in [2.75, 3.05) is 4.90 Å². The average molecular weight is 742 g/mol. The third-order valence-corrected chi connectivity index (χ3v) is 13.1. The van der Waals surface area contributed by atoms with Crippen molar-refractivity contribution >= 4 is 27.8 Å². The van der Waals surface area contributed by atoms with Crippen LogP contribution in [0, 0.1) is 0 Å². The summed E-state index contributed by atoms with van der Waals surface area (Å²) in [7, 11) is 0. The molecule has 3 aliphatic rings. The number of benzene rings is 9. The quantitative estimate of drug-likeness (QED) is 0.178. The van der Waals surface area contributed by atoms with Crippen molar-refractivity contribution in [3.05, 3.63) is 234 Å². The summed E-state index contributed by atoms with van der Waals surface area (Å²) in [4.78, 5) is 2.37. The highest BCUT2D eigenvalue weighted by atomic mass is 16.5. The number of anilines is 3. The van der Waals surface area contributed by atoms with Crippen LogP contribution >= 0.6 is 0 Å². The fourth-order valence-electron chi connectivity index (χ4n) is 10.4. The first-order chi connectivity index (χ1) is 28.5. The molecule has 12 rings (SSSR count). The van der Waals surface area contributed by atoms with E-state index in [0.717, 1.165) is 39.7 Å². The molecule has 1 heterocycles. The van der Waals surface area contributed by atoms with Gasteiger partial charge in [0.2, 0.25) is 0 Å². The van der Waals surface area contributed by atoms with Gasteiger partial charge in [-0.25, -0.2) is 0 Å². The van der Waals surface area contributed by atoms with Crippen LogP contribution in [0.25, 0.3) is 44.2 Å². The molecule has 0 amide bonds. The summed E-state index contributed by atoms with van der Waals surface area (Å²) in [5.74, 6) is 1.80. The molecule has 9 aromatic carbocycles. The minimum absolute atomic E-state index is 0.0858. The van der Waals surface area contributed by atoms with Gasteiger partial charge < -0.3 is 9.64 Å². The van der Waals surface area contributed by atoms with E-state index < -0.39 is 5.41 Å². The molecule has 1 spiro atoms. The lowest BCUT2D eigenvalue weighted by molar-refractivity contribution is 0.437. The van der Waals surface area contributed by atoms with Gasteiger partial charge in [0.15, 0.2) is 0 Å². The Morgan fingerprint density at radius 1 is 0.345 bits per heavy atom. The standard InChI is InChI=1S/C56H39NO/c1-55(2)47-21-11-8-18-43(47)46-30-29-42(35-51(46)55)57(40-16-4-3-5-17-40)41-27-24-36(25-28-41)39-26-31-50-53(34-39)58-54-33-38-15-7-6-14-37(38)32-52(54)56(50)48-22-12-9-19-44(48)45-20-10-13-23-49(45)56/h3-35H,1-2H3. The fraction of sp³-hybridized carbons (Fsp3) is 0.0714. The molecule has 58 heavy (non-hydrogen) atoms. The van der Waals surface area contributed by atoms with Gasteiger partial charge in [0.05, 0.1) is 5.41 Å². The van der Waals surface area contributed by atoms with Crippen LogP contribution in [-0.2, 0) is 10.8 Å². The van der Waals surface area contributed by atoms with Crippen molar-refractivity contribution in [2.45, 2.75) is 24.7 Å². The second-order valence-electron chi connectivity index (χ2n) is 16.5. The zero-order chi connectivity index (χ0) is 38.6. The van der Waals surface area contributed by atoms with Crippen LogP contribution in [0.5, 0.6) is 11.5 Å². The number of fused-ring (bicyclic) bond motifs is 13. The average Bonchev–Trinajstić information content (AvgIpc) is 3.69. The number of hydrogen-bond donors (Lipinski definition) is 0. The molecular formula is C56H39NO. The summed E-state index contributed by atoms with van der Waals surface area (Å²) < 4.78 is 7.01. The molecule has 0 radical (unpaired) electrons. The molecule has 1 aliphatic heterocycles. The van der Waals surface area contributed by atoms with Gasteiger partial charge in [-0.1, -0.05) is 159 Å². The topological polar surface area (TPSA) is 12.5 Å². The maximum atomic E-state index is 7.01. The lowest BCUT2D eigenvalue weighted by Crippen LogP contribution is -2.32. The summed E-state index contributed by atoms with van der Waals surface area (Å²) >= 11 is 0. The van der Waals surface area contributed by atoms with Crippen LogP contribution in [0.2, 0.25) is 0 Å². The van der Waals surface area contributed by atoms with E-state index in [9.17, 15) is 0 Å². The normalized spacial score (nSPS) is 14.4. The molecule has 0 saturated heterocycles. The molecule has 0 atom stereocenters. The van der Waals surface area contributed by atoms with E-state index in [4.69, 9.17) is 4.74 Å². The Morgan fingerprint density at radius 3 is 1.57 bits per heavy atom. The molecule has 274 valence electrons. The molecule has 9 aromatic rings. The Bertz CT molecular complexity index is 3080. The van der Waals surface area contributed by atoms with Crippen molar-refractivity contribution in [3.63, 3.8) is 0 Å². The van der Waals surface area contributed by atoms with Crippen LogP contribution in [-0.4, -0.2) is 0 Å². The highest BCUT2D eigenvalue weighted by Crippen LogP contribution is 2.63. The molecule has 0 bridgehead atoms. The van der Waals surface area contributed by atoms with Crippen LogP contribution in [0.3, 0.4) is 0 Å². The second-order valence-corrected chi connectivity index (χ2v) is 16.5. The van der Waals surface area contributed by atoms with Gasteiger partial charge in [0.1, 0.15) is 11.5 Å². The lowest BCUT2D eigenvalue weighted by atomic mass is 9.65. The van der Waals surface area contributed by atoms with Crippen LogP contribution in [0.4, 0.5) is 17.1 Å². The Labute approximate surface area is 339 Å². The number of rotatable bonds is 4. The molecule has 2 heteroatoms. The minimum atomic E-state index is -0.509. The Balaban J connectivity index is 0.981. The predicted molar refractivity (Wildman–Crippen MR) is 239 cm³/mol. The van der Waals surface area contributed by atoms with E-state index in [1.165, 1.54) is 66.4 Å². The molecular weight excluding hydrogens is 703 g/mol. The lowest BCUT2D eigenvalue weighted by Gasteiger charge is -2.39. The highest BCUT2D eigenvalue weighted by molar-refractivity contribution is 5.93. The van der Waals surface area contributed by atoms with E-state index >= 15 is 0 Å². The molecule has 0 saturated carbocycles. The summed E-state index contributed by atoms with van der Waals surface area (Å²) in [6.45, 7) is 4.69. The Kier molecular flexibility index (Phi) is 6.93. The summed E-state index contributed by atoms with van der Waals surface area (Å²) in [5, 5.41) is 2.38. The molecule has 2 aliphatic carbocycles. The number of hydrogen-bond acceptors (Lipinski definition) is 2. The summed E-state index contributed by atoms with van der Waals surface area (Å²) in [6, 6.07) is 73.4. The first kappa shape index (κ1) is 33.0. The molecule has 0 N–H and O–H groups in total. The van der Waals surface area contributed by atoms with Gasteiger partial charge in [0.25, 0.3) is 0 Å². The Hall–Kier alpha value is -7.16. The van der Waals surface area contributed by atoms with Gasteiger partial charge in [-0.15, -0.1) is 0 Å². The van der Waals surface area contributed by atoms with Crippen LogP contribution in [0.15, 0.2) is 200 Å². The van der Waals surface area contributed by atoms with E-state index in [-0.39, 0.29) is 5.41 Å². The monoisotopic (exact) mass is 741 g/mol. The molecule has 2 nitrogen and oxygen atoms in total. The van der Waals surface area contributed by atoms with Gasteiger partial charge in [-0.2, -0.15) is 0 Å². The van der Waals surface area contributed by atoms with E-state index in [1.807, 2.05) is 0 Å². The largest absolute Gasteiger partial charge is 0.457 e. The third kappa shape index (κ3) is 4.54. The van der Waals surface area contributed by atoms with E-state index in [2.05, 4.69) is 219 Å². The smallest absolute Gasteiger partial charge is 0.132 e. The van der Waals surface area contributed by atoms with Gasteiger partial charge >= 0.3 is 0 Å². The summed E-state index contributed by atoms with van der Waals surface area (Å²) in [6.07, 6.45) is 0. The SMILES string of the molecule is CC1(C)c2ccccc2-c2ccc(N(c3ccccc3)c3ccc(-c4ccc5c(c4)Oc4cc6ccccc6cc4C54c5ccccc5-c5ccccc54)cc3)cc21. The number of para-hydroxylation sites is 1. The van der Waals surface area contributed by atoms with Crippen LogP contribution < -0.4 is 9.64 Å². The fourth-order valence-corrected chi connectivity index (χ4v) is 10.4. The van der Waals surface area contributed by atoms with Crippen molar-refractivity contribution in [1.82, 2.24) is 0 Å².